The molecule has 0 radical (unpaired) electrons. The van der Waals surface area contributed by atoms with Crippen molar-refractivity contribution in [3.05, 3.63) is 167 Å². The first-order chi connectivity index (χ1) is 24.2. The minimum atomic E-state index is -0.207. The van der Waals surface area contributed by atoms with Gasteiger partial charge in [0.05, 0.1) is 46.0 Å². The van der Waals surface area contributed by atoms with Crippen LogP contribution in [0.25, 0.3) is 27.5 Å². The zero-order valence-corrected chi connectivity index (χ0v) is 27.1. The van der Waals surface area contributed by atoms with Gasteiger partial charge >= 0.3 is 0 Å². The highest BCUT2D eigenvalue weighted by atomic mass is 15.2. The molecule has 5 unspecified atom stereocenters. The van der Waals surface area contributed by atoms with E-state index in [9.17, 15) is 10.5 Å². The largest absolute Gasteiger partial charge is 0.333 e. The predicted octanol–water partition coefficient (Wildman–Crippen LogP) is 10.0. The first-order valence-electron chi connectivity index (χ1n) is 17.5. The molecule has 10 rings (SSSR count). The van der Waals surface area contributed by atoms with Crippen molar-refractivity contribution < 1.29 is 0 Å². The van der Waals surface area contributed by atoms with Crippen LogP contribution in [0.2, 0.25) is 0 Å². The fraction of sp³-hybridized carbons (Fsp3) is 0.200. The van der Waals surface area contributed by atoms with E-state index in [0.29, 0.717) is 11.8 Å². The highest BCUT2D eigenvalue weighted by molar-refractivity contribution is 6.10. The smallest absolute Gasteiger partial charge is 0.101 e. The first-order valence-corrected chi connectivity index (χ1v) is 17.5. The van der Waals surface area contributed by atoms with Crippen LogP contribution in [0.15, 0.2) is 156 Å². The van der Waals surface area contributed by atoms with Crippen molar-refractivity contribution in [2.45, 2.75) is 31.2 Å². The van der Waals surface area contributed by atoms with E-state index in [1.165, 1.54) is 44.1 Å². The molecule has 0 amide bonds. The Balaban J connectivity index is 1.06. The van der Waals surface area contributed by atoms with Crippen LogP contribution in [0.1, 0.15) is 36.3 Å². The number of hydrogen-bond donors (Lipinski definition) is 0. The summed E-state index contributed by atoms with van der Waals surface area (Å²) in [6.07, 6.45) is 27.9. The molecule has 4 aromatic rings. The lowest BCUT2D eigenvalue weighted by Gasteiger charge is -2.37. The number of benzene rings is 3. The Kier molecular flexibility index (Phi) is 6.24. The summed E-state index contributed by atoms with van der Waals surface area (Å²) in [7, 11) is 0. The van der Waals surface area contributed by atoms with Crippen molar-refractivity contribution in [3.8, 4) is 12.1 Å². The maximum Gasteiger partial charge on any atom is 0.101 e. The van der Waals surface area contributed by atoms with Crippen LogP contribution in [-0.4, -0.2) is 10.6 Å². The second-order valence-corrected chi connectivity index (χ2v) is 14.1. The Morgan fingerprint density at radius 2 is 1.57 bits per heavy atom. The van der Waals surface area contributed by atoms with Crippen molar-refractivity contribution in [1.29, 1.82) is 10.5 Å². The van der Waals surface area contributed by atoms with Gasteiger partial charge in [0.2, 0.25) is 0 Å². The molecule has 5 aliphatic carbocycles. The Bertz CT molecular complexity index is 2390. The number of anilines is 1. The molecular formula is C45H34N4. The molecule has 0 spiro atoms. The molecule has 0 bridgehead atoms. The van der Waals surface area contributed by atoms with Crippen molar-refractivity contribution in [2.24, 2.45) is 23.7 Å². The van der Waals surface area contributed by atoms with Crippen LogP contribution < -0.4 is 4.90 Å². The van der Waals surface area contributed by atoms with E-state index in [0.717, 1.165) is 41.9 Å². The van der Waals surface area contributed by atoms with Gasteiger partial charge in [-0.3, -0.25) is 0 Å². The van der Waals surface area contributed by atoms with Gasteiger partial charge < -0.3 is 9.47 Å². The topological polar surface area (TPSA) is 55.8 Å². The minimum absolute atomic E-state index is 0.161. The second kappa shape index (κ2) is 10.8. The fourth-order valence-corrected chi connectivity index (χ4v) is 9.31. The van der Waals surface area contributed by atoms with E-state index >= 15 is 0 Å². The number of fused-ring (bicyclic) bond motifs is 7. The zero-order chi connectivity index (χ0) is 32.6. The fourth-order valence-electron chi connectivity index (χ4n) is 9.31. The molecule has 234 valence electrons. The lowest BCUT2D eigenvalue weighted by molar-refractivity contribution is 0.436. The van der Waals surface area contributed by atoms with Gasteiger partial charge in [0, 0.05) is 28.3 Å². The number of rotatable bonds is 4. The van der Waals surface area contributed by atoms with E-state index in [2.05, 4.69) is 143 Å². The summed E-state index contributed by atoms with van der Waals surface area (Å²) in [5.74, 6) is 1.03. The molecule has 0 fully saturated rings. The van der Waals surface area contributed by atoms with E-state index in [1.807, 2.05) is 12.1 Å². The summed E-state index contributed by atoms with van der Waals surface area (Å²) >= 11 is 0. The maximum absolute atomic E-state index is 10.7. The molecule has 0 saturated heterocycles. The van der Waals surface area contributed by atoms with Gasteiger partial charge in [-0.05, 0) is 78.2 Å². The number of nitrogens with zero attached hydrogens (tertiary/aromatic N) is 4. The monoisotopic (exact) mass is 630 g/mol. The number of allylic oxidation sites excluding steroid dienone is 13. The SMILES string of the molecule is N#Cc1cccc2c1N(C1=CCC(C3CC4=C[C@H]4C=C3C3=C(n4c5ccccc5c5ccccc54)C=CCC3C#N)C=C1)C1C=CC=CC21. The lowest BCUT2D eigenvalue weighted by Crippen LogP contribution is -2.33. The van der Waals surface area contributed by atoms with E-state index < -0.39 is 0 Å². The average Bonchev–Trinajstić information content (AvgIpc) is 3.74. The van der Waals surface area contributed by atoms with Gasteiger partial charge in [-0.1, -0.05) is 109 Å². The van der Waals surface area contributed by atoms with Gasteiger partial charge in [-0.25, -0.2) is 0 Å². The standard InChI is InChI=1S/C45H34N4/c46-26-29-9-8-18-43(49-41-16-5-1-11-34(41)35-12-2-6-17-42(35)49)44(29)39-25-32-23-31(32)24-38(39)28-19-21-33(22-20-28)48-40-15-4-3-13-36(40)37-14-7-10-30(27-47)45(37)48/h1-8,10-19,21-23,25,28-29,32,36,38,40H,9,20,24H2/t28?,29?,32-,36?,38?,40?/m0/s1. The second-order valence-electron chi connectivity index (χ2n) is 14.1. The average molecular weight is 631 g/mol. The summed E-state index contributed by atoms with van der Waals surface area (Å²) in [6.45, 7) is 0. The summed E-state index contributed by atoms with van der Waals surface area (Å²) in [5, 5.41) is 23.2. The zero-order valence-electron chi connectivity index (χ0n) is 27.1. The molecule has 6 aliphatic rings. The van der Waals surface area contributed by atoms with Crippen LogP contribution in [0, 0.1) is 46.3 Å². The number of hydrogen-bond acceptors (Lipinski definition) is 3. The number of para-hydroxylation sites is 3. The molecule has 6 atom stereocenters. The summed E-state index contributed by atoms with van der Waals surface area (Å²) in [5.41, 5.74) is 11.7. The minimum Gasteiger partial charge on any atom is -0.333 e. The van der Waals surface area contributed by atoms with Crippen molar-refractivity contribution in [2.75, 3.05) is 4.90 Å². The van der Waals surface area contributed by atoms with Crippen molar-refractivity contribution in [3.63, 3.8) is 0 Å². The highest BCUT2D eigenvalue weighted by Crippen LogP contribution is 2.53. The molecule has 0 saturated carbocycles. The number of nitriles is 2. The van der Waals surface area contributed by atoms with Gasteiger partial charge in [0.25, 0.3) is 0 Å². The molecule has 2 heterocycles. The Morgan fingerprint density at radius 1 is 0.776 bits per heavy atom. The van der Waals surface area contributed by atoms with Crippen molar-refractivity contribution >= 4 is 33.2 Å². The predicted molar refractivity (Wildman–Crippen MR) is 197 cm³/mol. The van der Waals surface area contributed by atoms with Crippen LogP contribution in [0.3, 0.4) is 0 Å². The van der Waals surface area contributed by atoms with Crippen LogP contribution in [0.4, 0.5) is 5.69 Å². The molecule has 4 heteroatoms. The molecule has 3 aromatic carbocycles. The summed E-state index contributed by atoms with van der Waals surface area (Å²) in [4.78, 5) is 2.39. The Morgan fingerprint density at radius 3 is 2.33 bits per heavy atom. The number of aromatic nitrogens is 1. The first kappa shape index (κ1) is 28.2. The third kappa shape index (κ3) is 4.21. The molecular weight excluding hydrogens is 597 g/mol. The highest BCUT2D eigenvalue weighted by Gasteiger charge is 2.42. The molecule has 49 heavy (non-hydrogen) atoms. The quantitative estimate of drug-likeness (QED) is 0.211. The van der Waals surface area contributed by atoms with Crippen LogP contribution in [0.5, 0.6) is 0 Å². The Labute approximate surface area is 286 Å². The van der Waals surface area contributed by atoms with Gasteiger partial charge in [0.15, 0.2) is 0 Å². The lowest BCUT2D eigenvalue weighted by atomic mass is 9.70. The third-order valence-electron chi connectivity index (χ3n) is 11.6. The normalized spacial score (nSPS) is 27.6. The van der Waals surface area contributed by atoms with Crippen molar-refractivity contribution in [1.82, 2.24) is 4.57 Å². The van der Waals surface area contributed by atoms with E-state index in [1.54, 1.807) is 0 Å². The van der Waals surface area contributed by atoms with Crippen LogP contribution >= 0.6 is 0 Å². The third-order valence-corrected chi connectivity index (χ3v) is 11.6. The maximum atomic E-state index is 10.7. The molecule has 4 nitrogen and oxygen atoms in total. The Hall–Kier alpha value is -5.84. The van der Waals surface area contributed by atoms with Gasteiger partial charge in [-0.2, -0.15) is 10.5 Å². The summed E-state index contributed by atoms with van der Waals surface area (Å²) < 4.78 is 2.41. The summed E-state index contributed by atoms with van der Waals surface area (Å²) in [6, 6.07) is 28.8. The van der Waals surface area contributed by atoms with E-state index in [-0.39, 0.29) is 23.8 Å². The van der Waals surface area contributed by atoms with Gasteiger partial charge in [-0.15, -0.1) is 0 Å². The van der Waals surface area contributed by atoms with Crippen LogP contribution in [-0.2, 0) is 0 Å². The molecule has 1 aromatic heterocycles. The van der Waals surface area contributed by atoms with Gasteiger partial charge in [0.1, 0.15) is 6.07 Å². The molecule has 1 aliphatic heterocycles. The van der Waals surface area contributed by atoms with E-state index in [4.69, 9.17) is 0 Å². The molecule has 0 N–H and O–H groups in total.